The van der Waals surface area contributed by atoms with Gasteiger partial charge in [-0.15, -0.1) is 10.2 Å². The Balaban J connectivity index is 1.41. The number of amides is 1. The van der Waals surface area contributed by atoms with Gasteiger partial charge in [0.15, 0.2) is 5.82 Å². The van der Waals surface area contributed by atoms with E-state index in [0.717, 1.165) is 29.9 Å². The summed E-state index contributed by atoms with van der Waals surface area (Å²) in [5.74, 6) is 0.547. The number of nitrogens with zero attached hydrogens (tertiary/aromatic N) is 5. The summed E-state index contributed by atoms with van der Waals surface area (Å²) in [5.41, 5.74) is 2.51. The number of aromatic nitrogens is 2. The molecule has 4 rings (SSSR count). The molecule has 2 heterocycles. The van der Waals surface area contributed by atoms with Crippen LogP contribution in [0.5, 0.6) is 0 Å². The summed E-state index contributed by atoms with van der Waals surface area (Å²) in [6.45, 7) is 6.29. The Morgan fingerprint density at radius 2 is 1.73 bits per heavy atom. The first-order chi connectivity index (χ1) is 17.8. The second-order valence-electron chi connectivity index (χ2n) is 9.13. The standard InChI is InChI=1S/C27H32ClN5O3S/c1-3-15-33(37(35,36)22-11-9-21(2)10-12-22)20-27(34)32-17-6-16-31(18-19-32)26-14-13-25(29-30-26)23-7-4-5-8-24(23)28/h4-5,7-14H,3,6,15-20H2,1-2H3. The minimum atomic E-state index is -3.76. The third-order valence-corrected chi connectivity index (χ3v) is 8.61. The molecule has 0 unspecified atom stereocenters. The zero-order valence-corrected chi connectivity index (χ0v) is 22.7. The van der Waals surface area contributed by atoms with Crippen LogP contribution in [0.15, 0.2) is 65.6 Å². The van der Waals surface area contributed by atoms with Crippen molar-refractivity contribution in [3.8, 4) is 11.3 Å². The van der Waals surface area contributed by atoms with Gasteiger partial charge < -0.3 is 9.80 Å². The van der Waals surface area contributed by atoms with Gasteiger partial charge >= 0.3 is 0 Å². The molecule has 2 aromatic carbocycles. The number of rotatable bonds is 8. The van der Waals surface area contributed by atoms with E-state index in [1.54, 1.807) is 29.2 Å². The molecule has 0 radical (unpaired) electrons. The fraction of sp³-hybridized carbons (Fsp3) is 0.370. The second-order valence-corrected chi connectivity index (χ2v) is 11.5. The van der Waals surface area contributed by atoms with Crippen LogP contribution in [-0.4, -0.2) is 73.0 Å². The molecule has 10 heteroatoms. The summed E-state index contributed by atoms with van der Waals surface area (Å²) in [4.78, 5) is 17.3. The van der Waals surface area contributed by atoms with E-state index >= 15 is 0 Å². The summed E-state index contributed by atoms with van der Waals surface area (Å²) in [6.07, 6.45) is 1.37. The molecular weight excluding hydrogens is 510 g/mol. The molecule has 196 valence electrons. The lowest BCUT2D eigenvalue weighted by Crippen LogP contribution is -2.44. The fourth-order valence-corrected chi connectivity index (χ4v) is 6.06. The molecule has 3 aromatic rings. The topological polar surface area (TPSA) is 86.7 Å². The summed E-state index contributed by atoms with van der Waals surface area (Å²) in [5, 5.41) is 9.38. The largest absolute Gasteiger partial charge is 0.353 e. The van der Waals surface area contributed by atoms with Crippen LogP contribution in [-0.2, 0) is 14.8 Å². The molecule has 0 saturated carbocycles. The van der Waals surface area contributed by atoms with Gasteiger partial charge in [-0.25, -0.2) is 8.42 Å². The third kappa shape index (κ3) is 6.47. The predicted octanol–water partition coefficient (Wildman–Crippen LogP) is 4.25. The van der Waals surface area contributed by atoms with Gasteiger partial charge in [0.1, 0.15) is 0 Å². The van der Waals surface area contributed by atoms with Gasteiger partial charge in [-0.1, -0.05) is 54.4 Å². The molecule has 1 saturated heterocycles. The highest BCUT2D eigenvalue weighted by molar-refractivity contribution is 7.89. The first-order valence-electron chi connectivity index (χ1n) is 12.5. The Bertz CT molecular complexity index is 1320. The number of carbonyl (C=O) groups is 1. The van der Waals surface area contributed by atoms with E-state index in [1.807, 2.05) is 50.2 Å². The van der Waals surface area contributed by atoms with E-state index in [-0.39, 0.29) is 23.9 Å². The van der Waals surface area contributed by atoms with Crippen molar-refractivity contribution >= 4 is 33.3 Å². The molecule has 0 atom stereocenters. The summed E-state index contributed by atoms with van der Waals surface area (Å²) in [6, 6.07) is 18.1. The lowest BCUT2D eigenvalue weighted by Gasteiger charge is -2.26. The van der Waals surface area contributed by atoms with E-state index < -0.39 is 10.0 Å². The van der Waals surface area contributed by atoms with Crippen molar-refractivity contribution in [1.29, 1.82) is 0 Å². The fourth-order valence-electron chi connectivity index (χ4n) is 4.35. The molecule has 1 aromatic heterocycles. The highest BCUT2D eigenvalue weighted by Gasteiger charge is 2.29. The zero-order valence-electron chi connectivity index (χ0n) is 21.2. The molecule has 37 heavy (non-hydrogen) atoms. The SMILES string of the molecule is CCCN(CC(=O)N1CCCN(c2ccc(-c3ccccc3Cl)nn2)CC1)S(=O)(=O)c1ccc(C)cc1. The number of halogens is 1. The molecule has 1 aliphatic heterocycles. The quantitative estimate of drug-likeness (QED) is 0.424. The highest BCUT2D eigenvalue weighted by Crippen LogP contribution is 2.26. The normalized spacial score (nSPS) is 14.6. The predicted molar refractivity (Wildman–Crippen MR) is 146 cm³/mol. The van der Waals surface area contributed by atoms with Crippen molar-refractivity contribution in [3.63, 3.8) is 0 Å². The number of anilines is 1. The smallest absolute Gasteiger partial charge is 0.243 e. The Morgan fingerprint density at radius 3 is 2.41 bits per heavy atom. The number of hydrogen-bond acceptors (Lipinski definition) is 6. The lowest BCUT2D eigenvalue weighted by atomic mass is 10.1. The van der Waals surface area contributed by atoms with Gasteiger partial charge in [-0.05, 0) is 50.1 Å². The third-order valence-electron chi connectivity index (χ3n) is 6.42. The molecule has 1 fully saturated rings. The minimum absolute atomic E-state index is 0.170. The van der Waals surface area contributed by atoms with Crippen molar-refractivity contribution in [3.05, 3.63) is 71.2 Å². The second kappa shape index (κ2) is 12.0. The number of benzene rings is 2. The van der Waals surface area contributed by atoms with Gasteiger partial charge in [0.25, 0.3) is 0 Å². The Kier molecular flexibility index (Phi) is 8.79. The first kappa shape index (κ1) is 27.0. The van der Waals surface area contributed by atoms with E-state index in [1.165, 1.54) is 4.31 Å². The molecule has 1 aliphatic rings. The van der Waals surface area contributed by atoms with Crippen LogP contribution in [0.25, 0.3) is 11.3 Å². The van der Waals surface area contributed by atoms with Crippen LogP contribution < -0.4 is 4.90 Å². The number of sulfonamides is 1. The van der Waals surface area contributed by atoms with Crippen LogP contribution in [0, 0.1) is 6.92 Å². The van der Waals surface area contributed by atoms with Gasteiger partial charge in [0, 0.05) is 38.3 Å². The van der Waals surface area contributed by atoms with Crippen molar-refractivity contribution in [2.45, 2.75) is 31.6 Å². The van der Waals surface area contributed by atoms with E-state index in [2.05, 4.69) is 15.1 Å². The highest BCUT2D eigenvalue weighted by atomic mass is 35.5. The molecular formula is C27H32ClN5O3S. The number of carbonyl (C=O) groups excluding carboxylic acids is 1. The Hall–Kier alpha value is -3.01. The van der Waals surface area contributed by atoms with Crippen LogP contribution >= 0.6 is 11.6 Å². The van der Waals surface area contributed by atoms with Crippen LogP contribution in [0.2, 0.25) is 5.02 Å². The summed E-state index contributed by atoms with van der Waals surface area (Å²) >= 11 is 6.28. The molecule has 0 bridgehead atoms. The van der Waals surface area contributed by atoms with Crippen molar-refractivity contribution in [1.82, 2.24) is 19.4 Å². The summed E-state index contributed by atoms with van der Waals surface area (Å²) < 4.78 is 27.8. The molecule has 0 aliphatic carbocycles. The summed E-state index contributed by atoms with van der Waals surface area (Å²) in [7, 11) is -3.76. The van der Waals surface area contributed by atoms with Crippen molar-refractivity contribution < 1.29 is 13.2 Å². The van der Waals surface area contributed by atoms with E-state index in [4.69, 9.17) is 11.6 Å². The lowest BCUT2D eigenvalue weighted by molar-refractivity contribution is -0.131. The maximum atomic E-state index is 13.2. The Morgan fingerprint density at radius 1 is 0.973 bits per heavy atom. The maximum Gasteiger partial charge on any atom is 0.243 e. The molecule has 8 nitrogen and oxygen atoms in total. The van der Waals surface area contributed by atoms with Crippen molar-refractivity contribution in [2.24, 2.45) is 0 Å². The molecule has 0 spiro atoms. The van der Waals surface area contributed by atoms with Crippen LogP contribution in [0.4, 0.5) is 5.82 Å². The Labute approximate surface area is 223 Å². The average molecular weight is 542 g/mol. The first-order valence-corrected chi connectivity index (χ1v) is 14.3. The number of aryl methyl sites for hydroxylation is 1. The van der Waals surface area contributed by atoms with E-state index in [0.29, 0.717) is 36.8 Å². The average Bonchev–Trinajstić information content (AvgIpc) is 3.16. The molecule has 0 N–H and O–H groups in total. The maximum absolute atomic E-state index is 13.2. The van der Waals surface area contributed by atoms with Gasteiger partial charge in [0.05, 0.1) is 22.2 Å². The van der Waals surface area contributed by atoms with Crippen molar-refractivity contribution in [2.75, 3.05) is 44.2 Å². The monoisotopic (exact) mass is 541 g/mol. The minimum Gasteiger partial charge on any atom is -0.353 e. The molecule has 1 amide bonds. The van der Waals surface area contributed by atoms with Gasteiger partial charge in [-0.2, -0.15) is 4.31 Å². The van der Waals surface area contributed by atoms with E-state index in [9.17, 15) is 13.2 Å². The zero-order chi connectivity index (χ0) is 26.4. The van der Waals surface area contributed by atoms with Crippen LogP contribution in [0.1, 0.15) is 25.3 Å². The number of hydrogen-bond donors (Lipinski definition) is 0. The van der Waals surface area contributed by atoms with Crippen LogP contribution in [0.3, 0.4) is 0 Å². The van der Waals surface area contributed by atoms with Gasteiger partial charge in [0.2, 0.25) is 15.9 Å². The van der Waals surface area contributed by atoms with Gasteiger partial charge in [-0.3, -0.25) is 4.79 Å².